The number of hydrogen-bond acceptors (Lipinski definition) is 5. The van der Waals surface area contributed by atoms with E-state index in [9.17, 15) is 13.2 Å². The van der Waals surface area contributed by atoms with Gasteiger partial charge in [-0.05, 0) is 19.8 Å². The van der Waals surface area contributed by atoms with Gasteiger partial charge in [0.15, 0.2) is 0 Å². The monoisotopic (exact) mass is 307 g/mol. The molecule has 8 heteroatoms. The first-order valence-electron chi connectivity index (χ1n) is 6.43. The van der Waals surface area contributed by atoms with Gasteiger partial charge in [-0.3, -0.25) is 0 Å². The van der Waals surface area contributed by atoms with Crippen LogP contribution in [0.25, 0.3) is 0 Å². The normalized spacial score (nSPS) is 17.2. The number of nitrogens with zero attached hydrogens (tertiary/aromatic N) is 2. The fourth-order valence-corrected chi connectivity index (χ4v) is 2.94. The average molecular weight is 307 g/mol. The van der Waals surface area contributed by atoms with Crippen LogP contribution in [-0.2, 0) is 10.9 Å². The molecule has 1 aromatic heterocycles. The first-order chi connectivity index (χ1) is 9.49. The van der Waals surface area contributed by atoms with Crippen LogP contribution in [0, 0.1) is 0 Å². The Labute approximate surface area is 119 Å². The van der Waals surface area contributed by atoms with Gasteiger partial charge < -0.3 is 10.1 Å². The van der Waals surface area contributed by atoms with Crippen molar-refractivity contribution in [2.45, 2.75) is 36.2 Å². The maximum absolute atomic E-state index is 12.8. The van der Waals surface area contributed by atoms with Crippen molar-refractivity contribution in [3.8, 4) is 0 Å². The molecule has 1 N–H and O–H groups in total. The molecule has 0 unspecified atom stereocenters. The molecule has 1 aliphatic rings. The van der Waals surface area contributed by atoms with Crippen LogP contribution in [0.2, 0.25) is 0 Å². The SMILES string of the molecule is CCNc1cc(SC2CCOCC2)nc(C(F)(F)F)n1. The smallest absolute Gasteiger partial charge is 0.381 e. The maximum atomic E-state index is 12.8. The van der Waals surface area contributed by atoms with Gasteiger partial charge in [-0.15, -0.1) is 11.8 Å². The molecule has 0 bridgehead atoms. The van der Waals surface area contributed by atoms with E-state index in [4.69, 9.17) is 4.74 Å². The van der Waals surface area contributed by atoms with E-state index in [1.807, 2.05) is 0 Å². The Kier molecular flexibility index (Phi) is 5.09. The summed E-state index contributed by atoms with van der Waals surface area (Å²) in [6.45, 7) is 3.61. The number of aromatic nitrogens is 2. The molecule has 2 rings (SSSR count). The van der Waals surface area contributed by atoms with Crippen molar-refractivity contribution in [3.05, 3.63) is 11.9 Å². The largest absolute Gasteiger partial charge is 0.451 e. The van der Waals surface area contributed by atoms with Crippen LogP contribution in [0.5, 0.6) is 0 Å². The lowest BCUT2D eigenvalue weighted by atomic mass is 10.2. The molecule has 0 spiro atoms. The number of anilines is 1. The van der Waals surface area contributed by atoms with Gasteiger partial charge in [-0.1, -0.05) is 0 Å². The third kappa shape index (κ3) is 4.24. The molecule has 1 saturated heterocycles. The molecule has 2 heterocycles. The van der Waals surface area contributed by atoms with Crippen molar-refractivity contribution in [1.82, 2.24) is 9.97 Å². The van der Waals surface area contributed by atoms with Crippen LogP contribution in [-0.4, -0.2) is 35.0 Å². The lowest BCUT2D eigenvalue weighted by Crippen LogP contribution is -2.18. The van der Waals surface area contributed by atoms with Crippen LogP contribution in [0.4, 0.5) is 19.0 Å². The first kappa shape index (κ1) is 15.4. The van der Waals surface area contributed by atoms with Gasteiger partial charge >= 0.3 is 6.18 Å². The van der Waals surface area contributed by atoms with Gasteiger partial charge in [0.25, 0.3) is 0 Å². The highest BCUT2D eigenvalue weighted by atomic mass is 32.2. The highest BCUT2D eigenvalue weighted by Gasteiger charge is 2.35. The second-order valence-electron chi connectivity index (χ2n) is 4.37. The second kappa shape index (κ2) is 6.62. The number of thioether (sulfide) groups is 1. The van der Waals surface area contributed by atoms with Crippen LogP contribution in [0.15, 0.2) is 11.1 Å². The molecular formula is C12H16F3N3OS. The van der Waals surface area contributed by atoms with Crippen molar-refractivity contribution >= 4 is 17.6 Å². The summed E-state index contributed by atoms with van der Waals surface area (Å²) in [5, 5.41) is 3.41. The Hall–Kier alpha value is -1.02. The molecule has 0 radical (unpaired) electrons. The van der Waals surface area contributed by atoms with Crippen LogP contribution in [0.3, 0.4) is 0 Å². The number of rotatable bonds is 4. The summed E-state index contributed by atoms with van der Waals surface area (Å²) in [7, 11) is 0. The summed E-state index contributed by atoms with van der Waals surface area (Å²) in [4.78, 5) is 7.13. The molecule has 0 aliphatic carbocycles. The zero-order valence-corrected chi connectivity index (χ0v) is 11.9. The quantitative estimate of drug-likeness (QED) is 0.866. The summed E-state index contributed by atoms with van der Waals surface area (Å²) < 4.78 is 43.6. The van der Waals surface area contributed by atoms with Crippen LogP contribution >= 0.6 is 11.8 Å². The average Bonchev–Trinajstić information content (AvgIpc) is 2.39. The van der Waals surface area contributed by atoms with Gasteiger partial charge in [0.2, 0.25) is 5.82 Å². The van der Waals surface area contributed by atoms with Crippen molar-refractivity contribution < 1.29 is 17.9 Å². The minimum atomic E-state index is -4.53. The molecule has 0 saturated carbocycles. The highest BCUT2D eigenvalue weighted by Crippen LogP contribution is 2.33. The fraction of sp³-hybridized carbons (Fsp3) is 0.667. The van der Waals surface area contributed by atoms with E-state index in [-0.39, 0.29) is 11.1 Å². The van der Waals surface area contributed by atoms with Crippen molar-refractivity contribution in [2.75, 3.05) is 25.1 Å². The number of alkyl halides is 3. The summed E-state index contributed by atoms with van der Waals surface area (Å²) in [5.74, 6) is -0.880. The Morgan fingerprint density at radius 3 is 2.65 bits per heavy atom. The van der Waals surface area contributed by atoms with Gasteiger partial charge in [-0.2, -0.15) is 13.2 Å². The zero-order chi connectivity index (χ0) is 14.6. The summed E-state index contributed by atoms with van der Waals surface area (Å²) in [5.41, 5.74) is 0. The minimum Gasteiger partial charge on any atom is -0.381 e. The maximum Gasteiger partial charge on any atom is 0.451 e. The highest BCUT2D eigenvalue weighted by molar-refractivity contribution is 7.99. The van der Waals surface area contributed by atoms with Gasteiger partial charge in [0.05, 0.1) is 0 Å². The first-order valence-corrected chi connectivity index (χ1v) is 7.31. The Balaban J connectivity index is 2.19. The van der Waals surface area contributed by atoms with Crippen molar-refractivity contribution in [1.29, 1.82) is 0 Å². The second-order valence-corrected chi connectivity index (χ2v) is 5.69. The molecule has 112 valence electrons. The van der Waals surface area contributed by atoms with E-state index in [0.29, 0.717) is 24.8 Å². The summed E-state index contributed by atoms with van der Waals surface area (Å²) in [6, 6.07) is 1.57. The molecule has 1 fully saturated rings. The fourth-order valence-electron chi connectivity index (χ4n) is 1.85. The number of nitrogens with one attached hydrogen (secondary N) is 1. The topological polar surface area (TPSA) is 47.0 Å². The predicted octanol–water partition coefficient (Wildman–Crippen LogP) is 3.20. The summed E-state index contributed by atoms with van der Waals surface area (Å²) in [6.07, 6.45) is -2.88. The van der Waals surface area contributed by atoms with E-state index < -0.39 is 12.0 Å². The molecule has 4 nitrogen and oxygen atoms in total. The number of hydrogen-bond donors (Lipinski definition) is 1. The van der Waals surface area contributed by atoms with Crippen molar-refractivity contribution in [3.63, 3.8) is 0 Å². The molecule has 1 aliphatic heterocycles. The third-order valence-electron chi connectivity index (χ3n) is 2.77. The van der Waals surface area contributed by atoms with Gasteiger partial charge in [0.1, 0.15) is 10.8 Å². The molecule has 1 aromatic rings. The van der Waals surface area contributed by atoms with Crippen LogP contribution < -0.4 is 5.32 Å². The minimum absolute atomic E-state index is 0.212. The van der Waals surface area contributed by atoms with E-state index in [1.54, 1.807) is 13.0 Å². The van der Waals surface area contributed by atoms with E-state index in [1.165, 1.54) is 11.8 Å². The van der Waals surface area contributed by atoms with E-state index in [2.05, 4.69) is 15.3 Å². The van der Waals surface area contributed by atoms with Gasteiger partial charge in [-0.25, -0.2) is 9.97 Å². The number of halogens is 3. The zero-order valence-electron chi connectivity index (χ0n) is 11.0. The predicted molar refractivity (Wildman–Crippen MR) is 70.9 cm³/mol. The van der Waals surface area contributed by atoms with E-state index in [0.717, 1.165) is 12.8 Å². The summed E-state index contributed by atoms with van der Waals surface area (Å²) >= 11 is 1.36. The van der Waals surface area contributed by atoms with Crippen LogP contribution in [0.1, 0.15) is 25.6 Å². The lowest BCUT2D eigenvalue weighted by molar-refractivity contribution is -0.145. The van der Waals surface area contributed by atoms with Gasteiger partial charge in [0, 0.05) is 31.1 Å². The van der Waals surface area contributed by atoms with E-state index >= 15 is 0 Å². The molecule has 0 aromatic carbocycles. The Bertz CT molecular complexity index is 450. The van der Waals surface area contributed by atoms with Crippen molar-refractivity contribution in [2.24, 2.45) is 0 Å². The molecule has 0 amide bonds. The molecular weight excluding hydrogens is 291 g/mol. The lowest BCUT2D eigenvalue weighted by Gasteiger charge is -2.21. The Morgan fingerprint density at radius 1 is 1.35 bits per heavy atom. The third-order valence-corrected chi connectivity index (χ3v) is 4.03. The molecule has 20 heavy (non-hydrogen) atoms. The number of ether oxygens (including phenoxy) is 1. The Morgan fingerprint density at radius 2 is 2.05 bits per heavy atom. The molecule has 0 atom stereocenters. The standard InChI is InChI=1S/C12H16F3N3OS/c1-2-16-9-7-10(18-11(17-9)12(13,14)15)20-8-3-5-19-6-4-8/h7-8H,2-6H2,1H3,(H,16,17,18).